The number of carbonyl (C=O) groups is 4. The molecule has 0 saturated heterocycles. The quantitative estimate of drug-likeness (QED) is 0.321. The molecule has 2 heterocycles. The fourth-order valence-electron chi connectivity index (χ4n) is 4.53. The van der Waals surface area contributed by atoms with E-state index in [9.17, 15) is 19.2 Å². The lowest BCUT2D eigenvalue weighted by atomic mass is 9.83. The number of esters is 1. The van der Waals surface area contributed by atoms with Gasteiger partial charge in [0.1, 0.15) is 9.71 Å². The van der Waals surface area contributed by atoms with Crippen LogP contribution in [0.1, 0.15) is 47.2 Å². The number of fused-ring (bicyclic) bond motifs is 3. The van der Waals surface area contributed by atoms with E-state index in [0.717, 1.165) is 21.6 Å². The van der Waals surface area contributed by atoms with Crippen LogP contribution >= 0.6 is 11.3 Å². The van der Waals surface area contributed by atoms with E-state index in [1.165, 1.54) is 11.3 Å². The molecule has 0 unspecified atom stereocenters. The van der Waals surface area contributed by atoms with Crippen LogP contribution in [0.5, 0.6) is 0 Å². The van der Waals surface area contributed by atoms with Crippen molar-refractivity contribution in [3.63, 3.8) is 0 Å². The number of aromatic nitrogens is 2. The number of hydrogen-bond donors (Lipinski definition) is 1. The van der Waals surface area contributed by atoms with Crippen LogP contribution in [0.3, 0.4) is 0 Å². The number of ether oxygens (including phenoxy) is 1. The first-order valence-corrected chi connectivity index (χ1v) is 12.6. The van der Waals surface area contributed by atoms with E-state index >= 15 is 0 Å². The van der Waals surface area contributed by atoms with E-state index in [0.29, 0.717) is 10.4 Å². The lowest BCUT2D eigenvalue weighted by Crippen LogP contribution is -2.25. The molecule has 2 aromatic heterocycles. The number of rotatable bonds is 5. The molecule has 6 rings (SSSR count). The highest BCUT2D eigenvalue weighted by Gasteiger charge is 2.31. The third-order valence-electron chi connectivity index (χ3n) is 6.31. The van der Waals surface area contributed by atoms with E-state index in [4.69, 9.17) is 4.74 Å². The van der Waals surface area contributed by atoms with Crippen molar-refractivity contribution in [3.05, 3.63) is 112 Å². The van der Waals surface area contributed by atoms with Gasteiger partial charge >= 0.3 is 5.97 Å². The normalized spacial score (nSPS) is 12.2. The topological polar surface area (TPSA) is 107 Å². The highest BCUT2D eigenvalue weighted by atomic mass is 32.1. The molecule has 186 valence electrons. The molecule has 5 aromatic rings. The predicted molar refractivity (Wildman–Crippen MR) is 142 cm³/mol. The number of para-hydroxylation sites is 1. The van der Waals surface area contributed by atoms with Crippen molar-refractivity contribution in [2.75, 3.05) is 11.9 Å². The molecule has 38 heavy (non-hydrogen) atoms. The summed E-state index contributed by atoms with van der Waals surface area (Å²) in [6, 6.07) is 22.6. The molecular weight excluding hydrogens is 502 g/mol. The van der Waals surface area contributed by atoms with Crippen molar-refractivity contribution < 1.29 is 23.9 Å². The van der Waals surface area contributed by atoms with Gasteiger partial charge in [-0.3, -0.25) is 14.4 Å². The molecule has 0 aliphatic heterocycles. The van der Waals surface area contributed by atoms with E-state index in [-0.39, 0.29) is 33.9 Å². The smallest absolute Gasteiger partial charge is 0.348 e. The second-order valence-electron chi connectivity index (χ2n) is 8.72. The van der Waals surface area contributed by atoms with Crippen LogP contribution in [0.4, 0.5) is 5.69 Å². The van der Waals surface area contributed by atoms with Crippen LogP contribution in [0.2, 0.25) is 0 Å². The highest BCUT2D eigenvalue weighted by Crippen LogP contribution is 2.33. The lowest BCUT2D eigenvalue weighted by molar-refractivity contribution is -0.119. The number of nitrogens with one attached hydrogen (secondary N) is 1. The number of amides is 1. The molecule has 1 amide bonds. The number of hydrogen-bond acceptors (Lipinski definition) is 7. The number of anilines is 1. The molecule has 1 aliphatic carbocycles. The van der Waals surface area contributed by atoms with Crippen molar-refractivity contribution in [2.45, 2.75) is 6.92 Å². The largest absolute Gasteiger partial charge is 0.451 e. The summed E-state index contributed by atoms with van der Waals surface area (Å²) in [7, 11) is 0. The van der Waals surface area contributed by atoms with E-state index in [2.05, 4.69) is 10.4 Å². The van der Waals surface area contributed by atoms with Crippen molar-refractivity contribution in [3.8, 4) is 5.69 Å². The van der Waals surface area contributed by atoms with Gasteiger partial charge < -0.3 is 10.1 Å². The first kappa shape index (κ1) is 23.5. The average Bonchev–Trinajstić information content (AvgIpc) is 3.51. The van der Waals surface area contributed by atoms with Gasteiger partial charge in [0.2, 0.25) is 0 Å². The van der Waals surface area contributed by atoms with E-state index in [1.807, 2.05) is 37.3 Å². The van der Waals surface area contributed by atoms with Gasteiger partial charge in [0.05, 0.1) is 22.6 Å². The molecule has 9 heteroatoms. The summed E-state index contributed by atoms with van der Waals surface area (Å²) in [5.41, 5.74) is 2.79. The Morgan fingerprint density at radius 1 is 0.895 bits per heavy atom. The number of nitrogens with zero attached hydrogens (tertiary/aromatic N) is 2. The molecule has 0 radical (unpaired) electrons. The van der Waals surface area contributed by atoms with Crippen LogP contribution in [0.25, 0.3) is 15.9 Å². The maximum absolute atomic E-state index is 13.1. The highest BCUT2D eigenvalue weighted by molar-refractivity contribution is 7.20. The van der Waals surface area contributed by atoms with Gasteiger partial charge in [-0.05, 0) is 31.2 Å². The Hall–Kier alpha value is -4.89. The number of carbonyl (C=O) groups excluding carboxylic acids is 4. The molecule has 1 aliphatic rings. The fraction of sp³-hybridized carbons (Fsp3) is 0.0690. The Kier molecular flexibility index (Phi) is 5.69. The minimum absolute atomic E-state index is 0.126. The molecule has 0 atom stereocenters. The number of thiophene rings is 1. The molecule has 0 saturated carbocycles. The van der Waals surface area contributed by atoms with Crippen LogP contribution in [0.15, 0.2) is 78.9 Å². The molecular formula is C29H19N3O5S. The summed E-state index contributed by atoms with van der Waals surface area (Å²) in [6.45, 7) is 1.31. The van der Waals surface area contributed by atoms with E-state index in [1.54, 1.807) is 53.2 Å². The summed E-state index contributed by atoms with van der Waals surface area (Å²) < 4.78 is 7.04. The second kappa shape index (κ2) is 9.20. The third-order valence-corrected chi connectivity index (χ3v) is 7.40. The van der Waals surface area contributed by atoms with Crippen molar-refractivity contribution in [1.29, 1.82) is 0 Å². The molecule has 0 fully saturated rings. The Labute approximate surface area is 220 Å². The Morgan fingerprint density at radius 2 is 1.58 bits per heavy atom. The molecule has 0 spiro atoms. The Balaban J connectivity index is 1.19. The van der Waals surface area contributed by atoms with Crippen LogP contribution in [-0.4, -0.2) is 39.8 Å². The third kappa shape index (κ3) is 3.89. The van der Waals surface area contributed by atoms with Crippen LogP contribution in [-0.2, 0) is 9.53 Å². The van der Waals surface area contributed by atoms with Crippen LogP contribution < -0.4 is 5.32 Å². The van der Waals surface area contributed by atoms with Gasteiger partial charge in [0.15, 0.2) is 18.2 Å². The molecule has 0 bridgehead atoms. The number of ketones is 2. The maximum atomic E-state index is 13.1. The zero-order valence-corrected chi connectivity index (χ0v) is 20.9. The fourth-order valence-corrected chi connectivity index (χ4v) is 5.61. The van der Waals surface area contributed by atoms with Gasteiger partial charge in [0, 0.05) is 22.1 Å². The zero-order chi connectivity index (χ0) is 26.4. The number of benzene rings is 3. The van der Waals surface area contributed by atoms with Gasteiger partial charge in [-0.2, -0.15) is 5.10 Å². The summed E-state index contributed by atoms with van der Waals surface area (Å²) in [5, 5.41) is 8.01. The SMILES string of the molecule is Cc1nn(-c2ccccc2)c2sc(C(=O)OCC(=O)Nc3cccc4c3C(=O)c3ccccc3C4=O)cc12. The first-order valence-electron chi connectivity index (χ1n) is 11.8. The molecule has 3 aromatic carbocycles. The van der Waals surface area contributed by atoms with Gasteiger partial charge in [0.25, 0.3) is 5.91 Å². The Morgan fingerprint density at radius 3 is 2.34 bits per heavy atom. The monoisotopic (exact) mass is 521 g/mol. The molecule has 8 nitrogen and oxygen atoms in total. The van der Waals surface area contributed by atoms with Gasteiger partial charge in [-0.25, -0.2) is 9.48 Å². The second-order valence-corrected chi connectivity index (χ2v) is 9.75. The van der Waals surface area contributed by atoms with Gasteiger partial charge in [-0.1, -0.05) is 54.6 Å². The van der Waals surface area contributed by atoms with Crippen molar-refractivity contribution in [1.82, 2.24) is 9.78 Å². The minimum atomic E-state index is -0.643. The summed E-state index contributed by atoms with van der Waals surface area (Å²) in [6.07, 6.45) is 0. The predicted octanol–water partition coefficient (Wildman–Crippen LogP) is 4.97. The zero-order valence-electron chi connectivity index (χ0n) is 20.1. The van der Waals surface area contributed by atoms with Crippen molar-refractivity contribution >= 4 is 50.7 Å². The van der Waals surface area contributed by atoms with Crippen molar-refractivity contribution in [2.24, 2.45) is 0 Å². The summed E-state index contributed by atoms with van der Waals surface area (Å²) in [5.74, 6) is -1.91. The number of aryl methyl sites for hydroxylation is 1. The summed E-state index contributed by atoms with van der Waals surface area (Å²) in [4.78, 5) is 52.6. The van der Waals surface area contributed by atoms with Gasteiger partial charge in [-0.15, -0.1) is 11.3 Å². The maximum Gasteiger partial charge on any atom is 0.348 e. The minimum Gasteiger partial charge on any atom is -0.451 e. The standard InChI is InChI=1S/C29H19N3O5S/c1-16-21-14-23(38-28(21)32(31-16)17-8-3-2-4-9-17)29(36)37-15-24(33)30-22-13-7-12-20-25(22)27(35)19-11-6-5-10-18(19)26(20)34/h2-14H,15H2,1H3,(H,30,33). The molecule has 1 N–H and O–H groups in total. The average molecular weight is 522 g/mol. The summed E-state index contributed by atoms with van der Waals surface area (Å²) >= 11 is 1.23. The lowest BCUT2D eigenvalue weighted by Gasteiger charge is -2.20. The first-order chi connectivity index (χ1) is 18.4. The van der Waals surface area contributed by atoms with E-state index < -0.39 is 18.5 Å². The Bertz CT molecular complexity index is 1780. The van der Waals surface area contributed by atoms with Crippen LogP contribution in [0, 0.1) is 6.92 Å².